The van der Waals surface area contributed by atoms with Crippen molar-refractivity contribution < 1.29 is 9.59 Å². The molecule has 0 aliphatic rings. The lowest BCUT2D eigenvalue weighted by Gasteiger charge is -2.14. The number of amides is 2. The van der Waals surface area contributed by atoms with Gasteiger partial charge in [-0.2, -0.15) is 0 Å². The highest BCUT2D eigenvalue weighted by Gasteiger charge is 2.20. The van der Waals surface area contributed by atoms with E-state index in [1.165, 1.54) is 17.8 Å². The van der Waals surface area contributed by atoms with Gasteiger partial charge >= 0.3 is 0 Å². The predicted octanol–water partition coefficient (Wildman–Crippen LogP) is 4.96. The van der Waals surface area contributed by atoms with Gasteiger partial charge in [-0.05, 0) is 50.1 Å². The molecule has 1 aromatic heterocycles. The molecule has 2 N–H and O–H groups in total. The normalized spacial score (nSPS) is 11.8. The minimum atomic E-state index is -0.426. The highest BCUT2D eigenvalue weighted by molar-refractivity contribution is 7.99. The second-order valence-electron chi connectivity index (χ2n) is 7.32. The van der Waals surface area contributed by atoms with Crippen LogP contribution in [-0.4, -0.2) is 32.3 Å². The summed E-state index contributed by atoms with van der Waals surface area (Å²) in [6.45, 7) is 5.71. The Morgan fingerprint density at radius 3 is 2.47 bits per heavy atom. The van der Waals surface area contributed by atoms with Crippen LogP contribution < -0.4 is 10.6 Å². The van der Waals surface area contributed by atoms with Gasteiger partial charge in [-0.1, -0.05) is 53.2 Å². The van der Waals surface area contributed by atoms with Gasteiger partial charge in [0, 0.05) is 17.8 Å². The van der Waals surface area contributed by atoms with Crippen molar-refractivity contribution in [2.75, 3.05) is 11.1 Å². The molecule has 1 heterocycles. The molecule has 0 fully saturated rings. The Balaban J connectivity index is 1.62. The Hall–Kier alpha value is -2.55. The number of anilines is 1. The number of nitrogens with zero attached hydrogens (tertiary/aromatic N) is 3. The van der Waals surface area contributed by atoms with Gasteiger partial charge in [0.25, 0.3) is 5.91 Å². The topological polar surface area (TPSA) is 88.9 Å². The first-order valence-electron chi connectivity index (χ1n) is 9.81. The van der Waals surface area contributed by atoms with E-state index in [4.69, 9.17) is 23.2 Å². The summed E-state index contributed by atoms with van der Waals surface area (Å²) in [5.74, 6) is 0.266. The zero-order chi connectivity index (χ0) is 23.4. The summed E-state index contributed by atoms with van der Waals surface area (Å²) in [6.07, 6.45) is 0. The monoisotopic (exact) mass is 491 g/mol. The van der Waals surface area contributed by atoms with Crippen molar-refractivity contribution in [1.29, 1.82) is 0 Å². The van der Waals surface area contributed by atoms with Crippen LogP contribution in [0.5, 0.6) is 0 Å². The number of aryl methyl sites for hydroxylation is 2. The first-order chi connectivity index (χ1) is 15.2. The Bertz CT molecular complexity index is 1140. The summed E-state index contributed by atoms with van der Waals surface area (Å²) in [5, 5.41) is 15.5. The maximum absolute atomic E-state index is 12.6. The third-order valence-electron chi connectivity index (χ3n) is 4.86. The molecular formula is C22H23Cl2N5O2S. The van der Waals surface area contributed by atoms with Crippen LogP contribution in [0, 0.1) is 13.8 Å². The predicted molar refractivity (Wildman–Crippen MR) is 129 cm³/mol. The molecule has 2 amide bonds. The highest BCUT2D eigenvalue weighted by atomic mass is 35.5. The molecule has 0 bridgehead atoms. The van der Waals surface area contributed by atoms with E-state index in [0.29, 0.717) is 21.6 Å². The number of aromatic nitrogens is 3. The van der Waals surface area contributed by atoms with Crippen LogP contribution in [0.15, 0.2) is 41.6 Å². The minimum absolute atomic E-state index is 0.129. The molecule has 0 saturated carbocycles. The van der Waals surface area contributed by atoms with Crippen molar-refractivity contribution in [2.24, 2.45) is 7.05 Å². The first kappa shape index (κ1) is 24.1. The van der Waals surface area contributed by atoms with E-state index in [0.717, 1.165) is 16.8 Å². The molecule has 1 atom stereocenters. The lowest BCUT2D eigenvalue weighted by molar-refractivity contribution is -0.113. The number of halogens is 2. The van der Waals surface area contributed by atoms with Crippen molar-refractivity contribution in [3.05, 3.63) is 69.0 Å². The van der Waals surface area contributed by atoms with Gasteiger partial charge in [0.05, 0.1) is 22.4 Å². The molecule has 0 saturated heterocycles. The second-order valence-corrected chi connectivity index (χ2v) is 9.11. The highest BCUT2D eigenvalue weighted by Crippen LogP contribution is 2.24. The van der Waals surface area contributed by atoms with Crippen molar-refractivity contribution in [3.63, 3.8) is 0 Å². The summed E-state index contributed by atoms with van der Waals surface area (Å²) < 4.78 is 1.76. The zero-order valence-corrected chi connectivity index (χ0v) is 20.4. The third kappa shape index (κ3) is 5.62. The molecule has 7 nitrogen and oxygen atoms in total. The van der Waals surface area contributed by atoms with E-state index >= 15 is 0 Å². The van der Waals surface area contributed by atoms with Crippen molar-refractivity contribution in [1.82, 2.24) is 20.1 Å². The number of rotatable bonds is 7. The van der Waals surface area contributed by atoms with Crippen molar-refractivity contribution in [2.45, 2.75) is 32.0 Å². The fourth-order valence-electron chi connectivity index (χ4n) is 3.16. The van der Waals surface area contributed by atoms with E-state index in [1.807, 2.05) is 32.0 Å². The lowest BCUT2D eigenvalue weighted by Crippen LogP contribution is -2.28. The Morgan fingerprint density at radius 1 is 1.12 bits per heavy atom. The van der Waals surface area contributed by atoms with Crippen LogP contribution in [-0.2, 0) is 11.8 Å². The van der Waals surface area contributed by atoms with E-state index < -0.39 is 6.04 Å². The van der Waals surface area contributed by atoms with Gasteiger partial charge in [0.15, 0.2) is 11.0 Å². The van der Waals surface area contributed by atoms with E-state index in [1.54, 1.807) is 30.7 Å². The number of para-hydroxylation sites is 1. The second kappa shape index (κ2) is 10.4. The smallest absolute Gasteiger partial charge is 0.253 e. The number of nitrogens with one attached hydrogen (secondary N) is 2. The number of carbonyl (C=O) groups is 2. The molecule has 168 valence electrons. The van der Waals surface area contributed by atoms with E-state index in [-0.39, 0.29) is 22.6 Å². The van der Waals surface area contributed by atoms with Crippen LogP contribution in [0.25, 0.3) is 0 Å². The van der Waals surface area contributed by atoms with Crippen LogP contribution in [0.4, 0.5) is 5.69 Å². The molecule has 32 heavy (non-hydrogen) atoms. The largest absolute Gasteiger partial charge is 0.342 e. The lowest BCUT2D eigenvalue weighted by atomic mass is 10.1. The molecule has 3 aromatic rings. The third-order valence-corrected chi connectivity index (χ3v) is 6.43. The van der Waals surface area contributed by atoms with Crippen LogP contribution in [0.1, 0.15) is 40.3 Å². The number of hydrogen-bond acceptors (Lipinski definition) is 5. The minimum Gasteiger partial charge on any atom is -0.342 e. The van der Waals surface area contributed by atoms with Crippen molar-refractivity contribution in [3.8, 4) is 0 Å². The van der Waals surface area contributed by atoms with Gasteiger partial charge in [-0.3, -0.25) is 9.59 Å². The first-order valence-corrected chi connectivity index (χ1v) is 11.6. The fourth-order valence-corrected chi connectivity index (χ4v) is 4.37. The Kier molecular flexibility index (Phi) is 7.82. The SMILES string of the molecule is Cc1cccc(C)c1NC(=O)CSc1nnc([C@H](C)NC(=O)c2ccc(Cl)cc2Cl)n1C. The number of benzene rings is 2. The summed E-state index contributed by atoms with van der Waals surface area (Å²) in [7, 11) is 1.79. The summed E-state index contributed by atoms with van der Waals surface area (Å²) in [5.41, 5.74) is 3.17. The standard InChI is InChI=1S/C22H23Cl2N5O2S/c1-12-6-5-7-13(2)19(12)26-18(30)11-32-22-28-27-20(29(22)4)14(3)25-21(31)16-9-8-15(23)10-17(16)24/h5-10,14H,11H2,1-4H3,(H,25,31)(H,26,30)/t14-/m0/s1. The maximum Gasteiger partial charge on any atom is 0.253 e. The Morgan fingerprint density at radius 2 is 1.81 bits per heavy atom. The summed E-state index contributed by atoms with van der Waals surface area (Å²) >= 11 is 13.3. The maximum atomic E-state index is 12.6. The molecule has 0 spiro atoms. The fraction of sp³-hybridized carbons (Fsp3) is 0.273. The molecule has 0 radical (unpaired) electrons. The molecule has 10 heteroatoms. The zero-order valence-electron chi connectivity index (χ0n) is 18.1. The van der Waals surface area contributed by atoms with Gasteiger partial charge in [-0.25, -0.2) is 0 Å². The molecule has 0 aliphatic heterocycles. The van der Waals surface area contributed by atoms with Crippen LogP contribution in [0.2, 0.25) is 10.0 Å². The van der Waals surface area contributed by atoms with E-state index in [9.17, 15) is 9.59 Å². The van der Waals surface area contributed by atoms with Gasteiger partial charge in [-0.15, -0.1) is 10.2 Å². The van der Waals surface area contributed by atoms with Gasteiger partial charge in [0.2, 0.25) is 5.91 Å². The number of hydrogen-bond donors (Lipinski definition) is 2. The average molecular weight is 492 g/mol. The molecular weight excluding hydrogens is 469 g/mol. The van der Waals surface area contributed by atoms with Crippen LogP contribution in [0.3, 0.4) is 0 Å². The van der Waals surface area contributed by atoms with Gasteiger partial charge in [0.1, 0.15) is 0 Å². The molecule has 0 unspecified atom stereocenters. The van der Waals surface area contributed by atoms with Crippen molar-refractivity contribution >= 4 is 52.5 Å². The van der Waals surface area contributed by atoms with Crippen LogP contribution >= 0.6 is 35.0 Å². The molecule has 0 aliphatic carbocycles. The quantitative estimate of drug-likeness (QED) is 0.455. The average Bonchev–Trinajstić information content (AvgIpc) is 3.09. The summed E-state index contributed by atoms with van der Waals surface area (Å²) in [6, 6.07) is 10.1. The number of carbonyl (C=O) groups excluding carboxylic acids is 2. The van der Waals surface area contributed by atoms with Gasteiger partial charge < -0.3 is 15.2 Å². The molecule has 2 aromatic carbocycles. The number of thioether (sulfide) groups is 1. The summed E-state index contributed by atoms with van der Waals surface area (Å²) in [4.78, 5) is 25.0. The van der Waals surface area contributed by atoms with E-state index in [2.05, 4.69) is 20.8 Å². The molecule has 3 rings (SSSR count). The Labute approximate surface area is 200 Å².